The zero-order valence-electron chi connectivity index (χ0n) is 15.4. The fourth-order valence-corrected chi connectivity index (χ4v) is 4.87. The number of amides is 1. The van der Waals surface area contributed by atoms with Crippen LogP contribution in [0.25, 0.3) is 0 Å². The van der Waals surface area contributed by atoms with Crippen molar-refractivity contribution in [3.8, 4) is 6.07 Å². The number of nitrogens with one attached hydrogen (secondary N) is 1. The van der Waals surface area contributed by atoms with Crippen LogP contribution in [-0.4, -0.2) is 34.4 Å². The van der Waals surface area contributed by atoms with Crippen LogP contribution >= 0.6 is 23.1 Å². The lowest BCUT2D eigenvalue weighted by molar-refractivity contribution is -0.116. The maximum atomic E-state index is 14.1. The van der Waals surface area contributed by atoms with Gasteiger partial charge in [-0.1, -0.05) is 54.5 Å². The quantitative estimate of drug-likeness (QED) is 0.636. The lowest BCUT2D eigenvalue weighted by atomic mass is 9.96. The summed E-state index contributed by atoms with van der Waals surface area (Å²) in [5.41, 5.74) is 0.195. The fourth-order valence-electron chi connectivity index (χ4n) is 3.16. The SMILES string of the molecule is N#CCCN(C(=O)CSc1nnc(NC2CCCCC2)s1)c1ccccc1F. The second kappa shape index (κ2) is 10.4. The molecule has 1 aliphatic carbocycles. The monoisotopic (exact) mass is 419 g/mol. The molecule has 3 rings (SSSR count). The Balaban J connectivity index is 1.58. The number of nitriles is 1. The molecule has 1 amide bonds. The molecule has 1 fully saturated rings. The number of aromatic nitrogens is 2. The molecule has 28 heavy (non-hydrogen) atoms. The molecule has 0 unspecified atom stereocenters. The van der Waals surface area contributed by atoms with Gasteiger partial charge in [0.25, 0.3) is 0 Å². The number of carbonyl (C=O) groups excluding carboxylic acids is 1. The maximum absolute atomic E-state index is 14.1. The van der Waals surface area contributed by atoms with Crippen LogP contribution < -0.4 is 10.2 Å². The van der Waals surface area contributed by atoms with Crippen molar-refractivity contribution < 1.29 is 9.18 Å². The Bertz CT molecular complexity index is 832. The molecule has 148 valence electrons. The molecule has 9 heteroatoms. The number of halogens is 1. The first kappa shape index (κ1) is 20.6. The van der Waals surface area contributed by atoms with E-state index in [2.05, 4.69) is 15.5 Å². The third kappa shape index (κ3) is 5.66. The van der Waals surface area contributed by atoms with Crippen LogP contribution in [0.2, 0.25) is 0 Å². The second-order valence-corrected chi connectivity index (χ2v) is 8.75. The van der Waals surface area contributed by atoms with Gasteiger partial charge in [-0.3, -0.25) is 4.79 Å². The van der Waals surface area contributed by atoms with E-state index in [0.717, 1.165) is 18.0 Å². The van der Waals surface area contributed by atoms with Gasteiger partial charge in [0.1, 0.15) is 5.82 Å². The molecule has 1 N–H and O–H groups in total. The van der Waals surface area contributed by atoms with Crippen LogP contribution in [0.3, 0.4) is 0 Å². The number of hydrogen-bond donors (Lipinski definition) is 1. The number of rotatable bonds is 8. The molecule has 6 nitrogen and oxygen atoms in total. The molecular weight excluding hydrogens is 397 g/mol. The number of carbonyl (C=O) groups is 1. The van der Waals surface area contributed by atoms with Crippen LogP contribution in [0.5, 0.6) is 0 Å². The lowest BCUT2D eigenvalue weighted by Crippen LogP contribution is -2.34. The van der Waals surface area contributed by atoms with Gasteiger partial charge in [0.2, 0.25) is 11.0 Å². The van der Waals surface area contributed by atoms with E-state index >= 15 is 0 Å². The molecule has 1 aliphatic rings. The molecule has 2 aromatic rings. The Morgan fingerprint density at radius 3 is 2.86 bits per heavy atom. The Hall–Kier alpha value is -2.18. The summed E-state index contributed by atoms with van der Waals surface area (Å²) < 4.78 is 14.8. The van der Waals surface area contributed by atoms with E-state index in [1.54, 1.807) is 18.2 Å². The van der Waals surface area contributed by atoms with Crippen molar-refractivity contribution in [1.29, 1.82) is 5.26 Å². The van der Waals surface area contributed by atoms with Crippen LogP contribution in [-0.2, 0) is 4.79 Å². The van der Waals surface area contributed by atoms with E-state index < -0.39 is 5.82 Å². The highest BCUT2D eigenvalue weighted by molar-refractivity contribution is 8.01. The molecule has 0 atom stereocenters. The molecule has 0 spiro atoms. The van der Waals surface area contributed by atoms with E-state index in [4.69, 9.17) is 5.26 Å². The van der Waals surface area contributed by atoms with Crippen molar-refractivity contribution in [2.24, 2.45) is 0 Å². The Morgan fingerprint density at radius 1 is 1.32 bits per heavy atom. The van der Waals surface area contributed by atoms with Crippen LogP contribution in [0.4, 0.5) is 15.2 Å². The fraction of sp³-hybridized carbons (Fsp3) is 0.474. The predicted molar refractivity (Wildman–Crippen MR) is 110 cm³/mol. The second-order valence-electron chi connectivity index (χ2n) is 6.55. The third-order valence-electron chi connectivity index (χ3n) is 4.55. The van der Waals surface area contributed by atoms with E-state index in [0.29, 0.717) is 10.4 Å². The highest BCUT2D eigenvalue weighted by atomic mass is 32.2. The minimum Gasteiger partial charge on any atom is -0.357 e. The standard InChI is InChI=1S/C19H22FN5OS2/c20-15-9-4-5-10-16(15)25(12-6-11-21)17(26)13-27-19-24-23-18(28-19)22-14-7-2-1-3-8-14/h4-5,9-10,14H,1-3,6-8,12-13H2,(H,22,23). The zero-order chi connectivity index (χ0) is 19.8. The first-order chi connectivity index (χ1) is 13.7. The van der Waals surface area contributed by atoms with Gasteiger partial charge >= 0.3 is 0 Å². The topological polar surface area (TPSA) is 81.9 Å². The molecule has 0 aliphatic heterocycles. The summed E-state index contributed by atoms with van der Waals surface area (Å²) in [5.74, 6) is -0.631. The van der Waals surface area contributed by atoms with Gasteiger partial charge in [0.15, 0.2) is 4.34 Å². The third-order valence-corrected chi connectivity index (χ3v) is 6.52. The van der Waals surface area contributed by atoms with Crippen molar-refractivity contribution in [3.63, 3.8) is 0 Å². The first-order valence-electron chi connectivity index (χ1n) is 9.32. The minimum absolute atomic E-state index is 0.109. The molecule has 1 aromatic heterocycles. The van der Waals surface area contributed by atoms with Crippen molar-refractivity contribution in [2.75, 3.05) is 22.5 Å². The molecule has 1 saturated carbocycles. The predicted octanol–water partition coefficient (Wildman–Crippen LogP) is 4.46. The summed E-state index contributed by atoms with van der Waals surface area (Å²) in [6.45, 7) is 0.154. The number of para-hydroxylation sites is 1. The van der Waals surface area contributed by atoms with Crippen LogP contribution in [0, 0.1) is 17.1 Å². The van der Waals surface area contributed by atoms with Gasteiger partial charge < -0.3 is 10.2 Å². The number of benzene rings is 1. The average Bonchev–Trinajstić information content (AvgIpc) is 3.16. The summed E-state index contributed by atoms with van der Waals surface area (Å²) in [6, 6.07) is 8.56. The smallest absolute Gasteiger partial charge is 0.237 e. The Labute approximate surface area is 172 Å². The largest absolute Gasteiger partial charge is 0.357 e. The van der Waals surface area contributed by atoms with Crippen LogP contribution in [0.1, 0.15) is 38.5 Å². The molecule has 1 aromatic carbocycles. The maximum Gasteiger partial charge on any atom is 0.237 e. The minimum atomic E-state index is -0.478. The van der Waals surface area contributed by atoms with Gasteiger partial charge in [0, 0.05) is 12.6 Å². The first-order valence-corrected chi connectivity index (χ1v) is 11.1. The summed E-state index contributed by atoms with van der Waals surface area (Å²) in [7, 11) is 0. The van der Waals surface area contributed by atoms with E-state index in [1.807, 2.05) is 6.07 Å². The van der Waals surface area contributed by atoms with Crippen molar-refractivity contribution in [3.05, 3.63) is 30.1 Å². The van der Waals surface area contributed by atoms with Gasteiger partial charge in [-0.05, 0) is 25.0 Å². The van der Waals surface area contributed by atoms with Crippen LogP contribution in [0.15, 0.2) is 28.6 Å². The van der Waals surface area contributed by atoms with Gasteiger partial charge in [0.05, 0.1) is 23.9 Å². The highest BCUT2D eigenvalue weighted by Crippen LogP contribution is 2.29. The summed E-state index contributed by atoms with van der Waals surface area (Å²) in [4.78, 5) is 14.0. The molecule has 0 radical (unpaired) electrons. The lowest BCUT2D eigenvalue weighted by Gasteiger charge is -2.22. The number of anilines is 2. The summed E-state index contributed by atoms with van der Waals surface area (Å²) >= 11 is 2.71. The van der Waals surface area contributed by atoms with E-state index in [1.165, 1.54) is 53.3 Å². The van der Waals surface area contributed by atoms with Gasteiger partial charge in [-0.15, -0.1) is 10.2 Å². The van der Waals surface area contributed by atoms with Gasteiger partial charge in [-0.25, -0.2) is 4.39 Å². The molecule has 0 saturated heterocycles. The molecule has 1 heterocycles. The van der Waals surface area contributed by atoms with E-state index in [9.17, 15) is 9.18 Å². The molecular formula is C19H22FN5OS2. The summed E-state index contributed by atoms with van der Waals surface area (Å²) in [5, 5.41) is 21.3. The van der Waals surface area contributed by atoms with Crippen molar-refractivity contribution in [1.82, 2.24) is 10.2 Å². The average molecular weight is 420 g/mol. The zero-order valence-corrected chi connectivity index (χ0v) is 17.1. The van der Waals surface area contributed by atoms with Crippen molar-refractivity contribution in [2.45, 2.75) is 48.9 Å². The van der Waals surface area contributed by atoms with E-state index in [-0.39, 0.29) is 30.3 Å². The number of hydrogen-bond acceptors (Lipinski definition) is 7. The number of nitrogens with zero attached hydrogens (tertiary/aromatic N) is 4. The number of thioether (sulfide) groups is 1. The summed E-state index contributed by atoms with van der Waals surface area (Å²) in [6.07, 6.45) is 6.21. The Kier molecular flexibility index (Phi) is 7.62. The van der Waals surface area contributed by atoms with Gasteiger partial charge in [-0.2, -0.15) is 5.26 Å². The molecule has 0 bridgehead atoms. The Morgan fingerprint density at radius 2 is 2.11 bits per heavy atom. The highest BCUT2D eigenvalue weighted by Gasteiger charge is 2.20. The van der Waals surface area contributed by atoms with Crippen molar-refractivity contribution >= 4 is 39.8 Å². The normalized spacial score (nSPS) is 14.4.